The molecule has 0 aromatic heterocycles. The fourth-order valence-corrected chi connectivity index (χ4v) is 3.09. The third kappa shape index (κ3) is 3.53. The molecule has 0 fully saturated rings. The molecule has 1 rings (SSSR count). The van der Waals surface area contributed by atoms with Crippen molar-refractivity contribution >= 4 is 10.0 Å². The molecule has 0 aliphatic heterocycles. The summed E-state index contributed by atoms with van der Waals surface area (Å²) >= 11 is 0. The number of benzene rings is 1. The monoisotopic (exact) mass is 268 g/mol. The molecule has 0 aliphatic rings. The Hall–Kier alpha value is -1.42. The Labute approximate surface area is 107 Å². The van der Waals surface area contributed by atoms with Crippen LogP contribution in [0.15, 0.2) is 29.2 Å². The fraction of sp³-hybridized carbons (Fsp3) is 0.417. The van der Waals surface area contributed by atoms with Crippen LogP contribution in [0.25, 0.3) is 0 Å². The number of rotatable bonds is 6. The lowest BCUT2D eigenvalue weighted by Crippen LogP contribution is -2.35. The predicted octanol–water partition coefficient (Wildman–Crippen LogP) is 0.998. The average Bonchev–Trinajstić information content (AvgIpc) is 2.38. The Bertz CT molecular complexity index is 534. The van der Waals surface area contributed by atoms with Crippen LogP contribution in [0, 0.1) is 11.3 Å². The van der Waals surface area contributed by atoms with E-state index in [9.17, 15) is 8.42 Å². The van der Waals surface area contributed by atoms with Crippen molar-refractivity contribution in [3.63, 3.8) is 0 Å². The van der Waals surface area contributed by atoms with Gasteiger partial charge in [0, 0.05) is 12.6 Å². The highest BCUT2D eigenvalue weighted by Crippen LogP contribution is 2.15. The Morgan fingerprint density at radius 3 is 2.67 bits per heavy atom. The molecule has 6 heteroatoms. The van der Waals surface area contributed by atoms with Crippen LogP contribution >= 0.6 is 0 Å². The van der Waals surface area contributed by atoms with E-state index < -0.39 is 10.0 Å². The quantitative estimate of drug-likeness (QED) is 0.805. The second-order valence-electron chi connectivity index (χ2n) is 3.85. The van der Waals surface area contributed by atoms with E-state index in [-0.39, 0.29) is 23.1 Å². The minimum atomic E-state index is -3.72. The van der Waals surface area contributed by atoms with Crippen molar-refractivity contribution in [1.82, 2.24) is 4.72 Å². The molecule has 1 atom stereocenters. The summed E-state index contributed by atoms with van der Waals surface area (Å²) in [5.41, 5.74) is 0.115. The number of nitrogens with one attached hydrogen (secondary N) is 1. The summed E-state index contributed by atoms with van der Waals surface area (Å²) in [7, 11) is -3.72. The molecule has 1 unspecified atom stereocenters. The van der Waals surface area contributed by atoms with Gasteiger partial charge < -0.3 is 5.11 Å². The number of aliphatic hydroxyl groups excluding tert-OH is 1. The van der Waals surface area contributed by atoms with Crippen molar-refractivity contribution in [1.29, 1.82) is 5.26 Å². The van der Waals surface area contributed by atoms with Gasteiger partial charge in [0.15, 0.2) is 0 Å². The lowest BCUT2D eigenvalue weighted by atomic mass is 10.2. The van der Waals surface area contributed by atoms with Gasteiger partial charge in [0.25, 0.3) is 0 Å². The van der Waals surface area contributed by atoms with Crippen molar-refractivity contribution in [3.05, 3.63) is 29.8 Å². The van der Waals surface area contributed by atoms with Gasteiger partial charge in [0.05, 0.1) is 10.5 Å². The molecule has 2 N–H and O–H groups in total. The normalized spacial score (nSPS) is 12.9. The van der Waals surface area contributed by atoms with Gasteiger partial charge in [-0.15, -0.1) is 0 Å². The standard InChI is InChI=1S/C12H16N2O3S/c1-2-11(7-8-15)14-18(16,17)12-6-4-3-5-10(12)9-13/h3-6,11,14-15H,2,7-8H2,1H3. The van der Waals surface area contributed by atoms with Crippen molar-refractivity contribution < 1.29 is 13.5 Å². The number of nitrogens with zero attached hydrogens (tertiary/aromatic N) is 1. The van der Waals surface area contributed by atoms with Gasteiger partial charge in [-0.2, -0.15) is 5.26 Å². The molecule has 98 valence electrons. The molecule has 0 heterocycles. The van der Waals surface area contributed by atoms with Crippen molar-refractivity contribution in [2.45, 2.75) is 30.7 Å². The predicted molar refractivity (Wildman–Crippen MR) is 67.3 cm³/mol. The van der Waals surface area contributed by atoms with Gasteiger partial charge in [-0.3, -0.25) is 0 Å². The third-order valence-electron chi connectivity index (χ3n) is 2.59. The Morgan fingerprint density at radius 1 is 1.44 bits per heavy atom. The van der Waals surface area contributed by atoms with Crippen LogP contribution in [0.2, 0.25) is 0 Å². The van der Waals surface area contributed by atoms with Crippen LogP contribution in [0.5, 0.6) is 0 Å². The van der Waals surface area contributed by atoms with Crippen LogP contribution < -0.4 is 4.72 Å². The second kappa shape index (κ2) is 6.50. The molecule has 5 nitrogen and oxygen atoms in total. The summed E-state index contributed by atoms with van der Waals surface area (Å²) in [5, 5.41) is 17.7. The van der Waals surface area contributed by atoms with E-state index in [2.05, 4.69) is 4.72 Å². The van der Waals surface area contributed by atoms with Crippen molar-refractivity contribution in [2.75, 3.05) is 6.61 Å². The summed E-state index contributed by atoms with van der Waals surface area (Å²) in [6.07, 6.45) is 0.930. The number of hydrogen-bond donors (Lipinski definition) is 2. The van der Waals surface area contributed by atoms with E-state index in [0.29, 0.717) is 12.8 Å². The van der Waals surface area contributed by atoms with Crippen molar-refractivity contribution in [2.24, 2.45) is 0 Å². The highest BCUT2D eigenvalue weighted by molar-refractivity contribution is 7.89. The first kappa shape index (κ1) is 14.6. The van der Waals surface area contributed by atoms with Gasteiger partial charge in [-0.05, 0) is 25.0 Å². The van der Waals surface area contributed by atoms with Gasteiger partial charge in [-0.25, -0.2) is 13.1 Å². The van der Waals surface area contributed by atoms with E-state index >= 15 is 0 Å². The summed E-state index contributed by atoms with van der Waals surface area (Å²) < 4.78 is 26.7. The molecule has 1 aromatic carbocycles. The molecule has 0 bridgehead atoms. The largest absolute Gasteiger partial charge is 0.396 e. The molecule has 0 radical (unpaired) electrons. The smallest absolute Gasteiger partial charge is 0.242 e. The maximum absolute atomic E-state index is 12.1. The van der Waals surface area contributed by atoms with E-state index in [1.165, 1.54) is 12.1 Å². The molecule has 0 spiro atoms. The summed E-state index contributed by atoms with van der Waals surface area (Å²) in [6.45, 7) is 1.75. The van der Waals surface area contributed by atoms with E-state index in [1.54, 1.807) is 12.1 Å². The summed E-state index contributed by atoms with van der Waals surface area (Å²) in [5.74, 6) is 0. The molecule has 0 aliphatic carbocycles. The van der Waals surface area contributed by atoms with E-state index in [1.807, 2.05) is 13.0 Å². The maximum atomic E-state index is 12.1. The van der Waals surface area contributed by atoms with Gasteiger partial charge in [0.1, 0.15) is 6.07 Å². The SMILES string of the molecule is CCC(CCO)NS(=O)(=O)c1ccccc1C#N. The van der Waals surface area contributed by atoms with E-state index in [4.69, 9.17) is 10.4 Å². The molecule has 0 amide bonds. The van der Waals surface area contributed by atoms with Crippen LogP contribution in [0.1, 0.15) is 25.3 Å². The van der Waals surface area contributed by atoms with Crippen LogP contribution in [-0.2, 0) is 10.0 Å². The molecule has 18 heavy (non-hydrogen) atoms. The number of nitriles is 1. The van der Waals surface area contributed by atoms with Gasteiger partial charge >= 0.3 is 0 Å². The molecular formula is C12H16N2O3S. The van der Waals surface area contributed by atoms with Crippen LogP contribution in [-0.4, -0.2) is 26.2 Å². The Morgan fingerprint density at radius 2 is 2.11 bits per heavy atom. The topological polar surface area (TPSA) is 90.2 Å². The zero-order valence-corrected chi connectivity index (χ0v) is 10.9. The Balaban J connectivity index is 3.03. The van der Waals surface area contributed by atoms with Crippen LogP contribution in [0.3, 0.4) is 0 Å². The number of aliphatic hydroxyl groups is 1. The fourth-order valence-electron chi connectivity index (χ4n) is 1.58. The highest BCUT2D eigenvalue weighted by atomic mass is 32.2. The average molecular weight is 268 g/mol. The lowest BCUT2D eigenvalue weighted by Gasteiger charge is -2.16. The zero-order chi connectivity index (χ0) is 13.6. The van der Waals surface area contributed by atoms with Gasteiger partial charge in [0.2, 0.25) is 10.0 Å². The Kier molecular flexibility index (Phi) is 5.28. The minimum Gasteiger partial charge on any atom is -0.396 e. The molecule has 0 saturated heterocycles. The zero-order valence-electron chi connectivity index (χ0n) is 10.1. The highest BCUT2D eigenvalue weighted by Gasteiger charge is 2.21. The third-order valence-corrected chi connectivity index (χ3v) is 4.17. The summed E-state index contributed by atoms with van der Waals surface area (Å²) in [6, 6.07) is 7.57. The molecule has 0 saturated carbocycles. The summed E-state index contributed by atoms with van der Waals surface area (Å²) in [4.78, 5) is -0.0242. The van der Waals surface area contributed by atoms with Gasteiger partial charge in [-0.1, -0.05) is 19.1 Å². The van der Waals surface area contributed by atoms with E-state index in [0.717, 1.165) is 0 Å². The first-order valence-electron chi connectivity index (χ1n) is 5.67. The molecule has 1 aromatic rings. The minimum absolute atomic E-state index is 0.0242. The maximum Gasteiger partial charge on any atom is 0.242 e. The van der Waals surface area contributed by atoms with Crippen LogP contribution in [0.4, 0.5) is 0 Å². The second-order valence-corrected chi connectivity index (χ2v) is 5.53. The lowest BCUT2D eigenvalue weighted by molar-refractivity contribution is 0.270. The first-order valence-corrected chi connectivity index (χ1v) is 7.15. The first-order chi connectivity index (χ1) is 8.55. The number of sulfonamides is 1. The molecular weight excluding hydrogens is 252 g/mol. The number of hydrogen-bond acceptors (Lipinski definition) is 4. The van der Waals surface area contributed by atoms with Crippen molar-refractivity contribution in [3.8, 4) is 6.07 Å².